The normalized spacial score (nSPS) is 12.4. The summed E-state index contributed by atoms with van der Waals surface area (Å²) in [4.78, 5) is 0. The van der Waals surface area contributed by atoms with E-state index < -0.39 is 0 Å². The lowest BCUT2D eigenvalue weighted by molar-refractivity contribution is 0.529. The van der Waals surface area contributed by atoms with E-state index in [1.54, 1.807) is 12.1 Å². The van der Waals surface area contributed by atoms with Gasteiger partial charge in [-0.25, -0.2) is 4.39 Å². The van der Waals surface area contributed by atoms with Crippen LogP contribution in [0.4, 0.5) is 4.39 Å². The van der Waals surface area contributed by atoms with Crippen LogP contribution in [0.15, 0.2) is 45.3 Å². The van der Waals surface area contributed by atoms with Gasteiger partial charge in [-0.15, -0.1) is 0 Å². The topological polar surface area (TPSA) is 38.0 Å². The lowest BCUT2D eigenvalue weighted by atomic mass is 9.99. The minimum absolute atomic E-state index is 0.212. The van der Waals surface area contributed by atoms with Crippen LogP contribution in [-0.2, 0) is 6.42 Å². The zero-order valence-electron chi connectivity index (χ0n) is 10.3. The van der Waals surface area contributed by atoms with Gasteiger partial charge in [0, 0.05) is 8.95 Å². The Morgan fingerprint density at radius 1 is 1.20 bits per heavy atom. The molecule has 3 N–H and O–H groups in total. The molecular weight excluding hydrogens is 410 g/mol. The van der Waals surface area contributed by atoms with Crippen LogP contribution in [0.5, 0.6) is 0 Å². The summed E-state index contributed by atoms with van der Waals surface area (Å²) in [6, 6.07) is 10.3. The Labute approximate surface area is 138 Å². The Hall–Kier alpha value is -0.460. The maximum Gasteiger partial charge on any atom is 0.127 e. The van der Waals surface area contributed by atoms with E-state index in [1.807, 2.05) is 18.2 Å². The van der Waals surface area contributed by atoms with Crippen molar-refractivity contribution in [3.05, 3.63) is 67.3 Å². The number of rotatable bonds is 4. The van der Waals surface area contributed by atoms with Crippen LogP contribution in [0, 0.1) is 5.82 Å². The molecule has 6 heteroatoms. The van der Waals surface area contributed by atoms with Crippen molar-refractivity contribution in [1.29, 1.82) is 0 Å². The third kappa shape index (κ3) is 3.80. The van der Waals surface area contributed by atoms with Crippen molar-refractivity contribution in [2.45, 2.75) is 12.5 Å². The third-order valence-corrected chi connectivity index (χ3v) is 4.71. The van der Waals surface area contributed by atoms with Crippen LogP contribution in [-0.4, -0.2) is 0 Å². The number of nitrogens with two attached hydrogens (primary N) is 1. The smallest absolute Gasteiger partial charge is 0.127 e. The molecule has 0 aromatic heterocycles. The predicted octanol–water partition coefficient (Wildman–Crippen LogP) is 4.75. The Bertz CT molecular complexity index is 622. The molecule has 0 saturated heterocycles. The first-order valence-electron chi connectivity index (χ1n) is 5.86. The van der Waals surface area contributed by atoms with Crippen molar-refractivity contribution in [3.8, 4) is 0 Å². The van der Waals surface area contributed by atoms with Gasteiger partial charge in [0.15, 0.2) is 0 Å². The largest absolute Gasteiger partial charge is 0.271 e. The number of hydrazine groups is 1. The summed E-state index contributed by atoms with van der Waals surface area (Å²) in [5, 5.41) is 0.596. The van der Waals surface area contributed by atoms with E-state index in [0.29, 0.717) is 21.5 Å². The Kier molecular flexibility index (Phi) is 5.57. The maximum atomic E-state index is 13.9. The molecule has 0 bridgehead atoms. The highest BCUT2D eigenvalue weighted by Crippen LogP contribution is 2.28. The lowest BCUT2D eigenvalue weighted by Crippen LogP contribution is -2.29. The summed E-state index contributed by atoms with van der Waals surface area (Å²) in [5.74, 6) is 5.32. The van der Waals surface area contributed by atoms with Gasteiger partial charge in [0.25, 0.3) is 0 Å². The Morgan fingerprint density at radius 2 is 1.95 bits per heavy atom. The molecule has 2 rings (SSSR count). The summed E-state index contributed by atoms with van der Waals surface area (Å²) < 4.78 is 15.4. The van der Waals surface area contributed by atoms with Crippen LogP contribution in [0.3, 0.4) is 0 Å². The first kappa shape index (κ1) is 15.9. The van der Waals surface area contributed by atoms with Gasteiger partial charge in [0.2, 0.25) is 0 Å². The number of nitrogens with one attached hydrogen (secondary N) is 1. The molecule has 0 heterocycles. The molecule has 0 aliphatic heterocycles. The Morgan fingerprint density at radius 3 is 2.55 bits per heavy atom. The number of hydrogen-bond donors (Lipinski definition) is 2. The van der Waals surface area contributed by atoms with Crippen LogP contribution in [0.25, 0.3) is 0 Å². The van der Waals surface area contributed by atoms with Gasteiger partial charge in [-0.05, 0) is 57.7 Å². The van der Waals surface area contributed by atoms with Crippen LogP contribution < -0.4 is 11.3 Å². The van der Waals surface area contributed by atoms with E-state index in [1.165, 1.54) is 6.07 Å². The second-order valence-electron chi connectivity index (χ2n) is 4.33. The second kappa shape index (κ2) is 7.00. The maximum absolute atomic E-state index is 13.9. The molecule has 0 aliphatic carbocycles. The molecule has 0 spiro atoms. The average Bonchev–Trinajstić information content (AvgIpc) is 2.41. The molecule has 2 aromatic rings. The van der Waals surface area contributed by atoms with Crippen molar-refractivity contribution < 1.29 is 4.39 Å². The van der Waals surface area contributed by atoms with Crippen LogP contribution in [0.2, 0.25) is 5.02 Å². The fraction of sp³-hybridized carbons (Fsp3) is 0.143. The van der Waals surface area contributed by atoms with Gasteiger partial charge in [0.1, 0.15) is 5.82 Å². The lowest BCUT2D eigenvalue weighted by Gasteiger charge is -2.17. The zero-order valence-corrected chi connectivity index (χ0v) is 14.3. The second-order valence-corrected chi connectivity index (χ2v) is 6.51. The quantitative estimate of drug-likeness (QED) is 0.551. The van der Waals surface area contributed by atoms with E-state index in [-0.39, 0.29) is 11.9 Å². The molecule has 0 aliphatic rings. The molecule has 2 nitrogen and oxygen atoms in total. The number of benzene rings is 2. The van der Waals surface area contributed by atoms with Gasteiger partial charge in [-0.3, -0.25) is 11.3 Å². The average molecular weight is 423 g/mol. The molecule has 0 amide bonds. The van der Waals surface area contributed by atoms with Crippen molar-refractivity contribution in [1.82, 2.24) is 5.43 Å². The molecule has 0 radical (unpaired) electrons. The summed E-state index contributed by atoms with van der Waals surface area (Å²) in [6.45, 7) is 0. The van der Waals surface area contributed by atoms with Crippen molar-refractivity contribution in [2.75, 3.05) is 0 Å². The van der Waals surface area contributed by atoms with Gasteiger partial charge in [-0.1, -0.05) is 39.7 Å². The standard InChI is InChI=1S/C14H12Br2ClFN2/c15-10-3-1-8(13(18)7-10)6-14(20-19)9-2-4-11(16)12(17)5-9/h1-5,7,14,20H,6,19H2. The van der Waals surface area contributed by atoms with Crippen molar-refractivity contribution >= 4 is 43.5 Å². The van der Waals surface area contributed by atoms with Crippen molar-refractivity contribution in [3.63, 3.8) is 0 Å². The molecule has 1 atom stereocenters. The predicted molar refractivity (Wildman–Crippen MR) is 87.0 cm³/mol. The van der Waals surface area contributed by atoms with E-state index in [2.05, 4.69) is 37.3 Å². The molecule has 20 heavy (non-hydrogen) atoms. The van der Waals surface area contributed by atoms with E-state index >= 15 is 0 Å². The van der Waals surface area contributed by atoms with E-state index in [0.717, 1.165) is 10.0 Å². The fourth-order valence-corrected chi connectivity index (χ4v) is 2.68. The highest BCUT2D eigenvalue weighted by Gasteiger charge is 2.14. The Balaban J connectivity index is 2.26. The summed E-state index contributed by atoms with van der Waals surface area (Å²) in [5.41, 5.74) is 4.20. The first-order chi connectivity index (χ1) is 9.51. The molecule has 106 valence electrons. The summed E-state index contributed by atoms with van der Waals surface area (Å²) in [7, 11) is 0. The fourth-order valence-electron chi connectivity index (χ4n) is 1.91. The third-order valence-electron chi connectivity index (χ3n) is 2.99. The SMILES string of the molecule is NNC(Cc1ccc(Br)cc1F)c1ccc(Br)c(Cl)c1. The molecule has 0 saturated carbocycles. The molecule has 2 aromatic carbocycles. The van der Waals surface area contributed by atoms with E-state index in [4.69, 9.17) is 17.4 Å². The highest BCUT2D eigenvalue weighted by atomic mass is 79.9. The zero-order chi connectivity index (χ0) is 14.7. The minimum atomic E-state index is -0.261. The van der Waals surface area contributed by atoms with Gasteiger partial charge in [0.05, 0.1) is 11.1 Å². The van der Waals surface area contributed by atoms with Gasteiger partial charge < -0.3 is 0 Å². The summed E-state index contributed by atoms with van der Waals surface area (Å²) >= 11 is 12.7. The first-order valence-corrected chi connectivity index (χ1v) is 7.82. The molecule has 1 unspecified atom stereocenters. The van der Waals surface area contributed by atoms with E-state index in [9.17, 15) is 4.39 Å². The van der Waals surface area contributed by atoms with Crippen LogP contribution in [0.1, 0.15) is 17.2 Å². The number of halogens is 4. The number of hydrogen-bond acceptors (Lipinski definition) is 2. The monoisotopic (exact) mass is 420 g/mol. The van der Waals surface area contributed by atoms with Gasteiger partial charge >= 0.3 is 0 Å². The van der Waals surface area contributed by atoms with Gasteiger partial charge in [-0.2, -0.15) is 0 Å². The summed E-state index contributed by atoms with van der Waals surface area (Å²) in [6.07, 6.45) is 0.438. The minimum Gasteiger partial charge on any atom is -0.271 e. The highest BCUT2D eigenvalue weighted by molar-refractivity contribution is 9.10. The van der Waals surface area contributed by atoms with Crippen molar-refractivity contribution in [2.24, 2.45) is 5.84 Å². The molecule has 0 fully saturated rings. The van der Waals surface area contributed by atoms with Crippen LogP contribution >= 0.6 is 43.5 Å². The molecular formula is C14H12Br2ClFN2.